The van der Waals surface area contributed by atoms with Gasteiger partial charge >= 0.3 is 0 Å². The third-order valence-electron chi connectivity index (χ3n) is 2.12. The molecule has 3 nitrogen and oxygen atoms in total. The normalized spacial score (nSPS) is 9.61. The molecular weight excluding hydrogens is 266 g/mol. The summed E-state index contributed by atoms with van der Waals surface area (Å²) in [5.41, 5.74) is 0. The van der Waals surface area contributed by atoms with Crippen molar-refractivity contribution < 1.29 is 9.90 Å². The van der Waals surface area contributed by atoms with Gasteiger partial charge in [-0.1, -0.05) is 17.9 Å². The molecule has 0 aliphatic rings. The summed E-state index contributed by atoms with van der Waals surface area (Å²) < 4.78 is 0. The molecule has 18 heavy (non-hydrogen) atoms. The zero-order valence-corrected chi connectivity index (χ0v) is 11.1. The number of aliphatic hydroxyl groups excluding tert-OH is 1. The predicted octanol–water partition coefficient (Wildman–Crippen LogP) is 2.08. The van der Waals surface area contributed by atoms with Crippen LogP contribution in [0.15, 0.2) is 29.6 Å². The van der Waals surface area contributed by atoms with Crippen LogP contribution in [0.4, 0.5) is 0 Å². The van der Waals surface area contributed by atoms with Crippen LogP contribution in [-0.4, -0.2) is 17.6 Å². The van der Waals surface area contributed by atoms with Crippen LogP contribution in [0.5, 0.6) is 0 Å². The molecule has 0 spiro atoms. The maximum atomic E-state index is 11.8. The van der Waals surface area contributed by atoms with Crippen LogP contribution in [0.25, 0.3) is 0 Å². The Bertz CT molecular complexity index is 576. The Kier molecular flexibility index (Phi) is 4.53. The van der Waals surface area contributed by atoms with Crippen molar-refractivity contribution in [2.24, 2.45) is 0 Å². The van der Waals surface area contributed by atoms with E-state index in [-0.39, 0.29) is 12.5 Å². The van der Waals surface area contributed by atoms with Crippen molar-refractivity contribution in [2.45, 2.75) is 6.54 Å². The van der Waals surface area contributed by atoms with E-state index in [0.717, 1.165) is 9.75 Å². The summed E-state index contributed by atoms with van der Waals surface area (Å²) in [6.45, 7) is 0.379. The number of thiophene rings is 2. The lowest BCUT2D eigenvalue weighted by Crippen LogP contribution is -2.21. The number of carbonyl (C=O) groups is 1. The van der Waals surface area contributed by atoms with E-state index in [0.29, 0.717) is 11.4 Å². The second kappa shape index (κ2) is 6.36. The molecule has 0 aromatic carbocycles. The number of nitrogens with one attached hydrogen (secondary N) is 1. The molecule has 5 heteroatoms. The molecule has 0 aliphatic carbocycles. The quantitative estimate of drug-likeness (QED) is 0.844. The molecule has 0 fully saturated rings. The number of hydrogen-bond donors (Lipinski definition) is 2. The number of hydrogen-bond acceptors (Lipinski definition) is 4. The lowest BCUT2D eigenvalue weighted by Gasteiger charge is -2.00. The largest absolute Gasteiger partial charge is 0.384 e. The summed E-state index contributed by atoms with van der Waals surface area (Å²) >= 11 is 2.94. The molecule has 0 radical (unpaired) electrons. The molecule has 0 aliphatic heterocycles. The Morgan fingerprint density at radius 3 is 3.00 bits per heavy atom. The van der Waals surface area contributed by atoms with E-state index in [2.05, 4.69) is 17.2 Å². The minimum atomic E-state index is -0.169. The first-order valence-corrected chi connectivity index (χ1v) is 6.99. The van der Waals surface area contributed by atoms with E-state index >= 15 is 0 Å². The van der Waals surface area contributed by atoms with Gasteiger partial charge in [-0.3, -0.25) is 4.79 Å². The van der Waals surface area contributed by atoms with Crippen molar-refractivity contribution in [1.29, 1.82) is 0 Å². The van der Waals surface area contributed by atoms with Gasteiger partial charge in [0.05, 0.1) is 16.3 Å². The van der Waals surface area contributed by atoms with Crippen LogP contribution >= 0.6 is 22.7 Å². The Morgan fingerprint density at radius 2 is 2.28 bits per heavy atom. The molecule has 2 heterocycles. The molecular formula is C13H11NO2S2. The fourth-order valence-corrected chi connectivity index (χ4v) is 2.76. The monoisotopic (exact) mass is 277 g/mol. The highest BCUT2D eigenvalue weighted by Crippen LogP contribution is 2.15. The third-order valence-corrected chi connectivity index (χ3v) is 4.00. The van der Waals surface area contributed by atoms with Gasteiger partial charge in [0.15, 0.2) is 0 Å². The van der Waals surface area contributed by atoms with Crippen molar-refractivity contribution in [3.05, 3.63) is 44.3 Å². The second-order valence-electron chi connectivity index (χ2n) is 3.39. The smallest absolute Gasteiger partial charge is 0.261 e. The molecule has 0 atom stereocenters. The fourth-order valence-electron chi connectivity index (χ4n) is 1.32. The minimum absolute atomic E-state index is 0.0922. The Balaban J connectivity index is 1.94. The lowest BCUT2D eigenvalue weighted by atomic mass is 10.4. The van der Waals surface area contributed by atoms with Crippen molar-refractivity contribution in [1.82, 2.24) is 5.32 Å². The lowest BCUT2D eigenvalue weighted by molar-refractivity contribution is 0.0955. The van der Waals surface area contributed by atoms with Gasteiger partial charge < -0.3 is 10.4 Å². The maximum absolute atomic E-state index is 11.8. The van der Waals surface area contributed by atoms with Crippen LogP contribution in [0, 0.1) is 11.8 Å². The van der Waals surface area contributed by atoms with Gasteiger partial charge in [-0.15, -0.1) is 22.7 Å². The van der Waals surface area contributed by atoms with E-state index in [1.165, 1.54) is 11.3 Å². The molecule has 0 saturated heterocycles. The SMILES string of the molecule is O=C(NCc1cccs1)c1ccc(C#CCO)s1. The zero-order chi connectivity index (χ0) is 12.8. The van der Waals surface area contributed by atoms with Crippen LogP contribution in [0.2, 0.25) is 0 Å². The number of aliphatic hydroxyl groups is 1. The molecule has 0 saturated carbocycles. The van der Waals surface area contributed by atoms with Crippen molar-refractivity contribution in [3.8, 4) is 11.8 Å². The average molecular weight is 277 g/mol. The van der Waals surface area contributed by atoms with Gasteiger partial charge in [-0.25, -0.2) is 0 Å². The van der Waals surface area contributed by atoms with Crippen LogP contribution in [0.3, 0.4) is 0 Å². The summed E-state index contributed by atoms with van der Waals surface area (Å²) in [6, 6.07) is 7.47. The van der Waals surface area contributed by atoms with Crippen molar-refractivity contribution in [3.63, 3.8) is 0 Å². The highest BCUT2D eigenvalue weighted by atomic mass is 32.1. The molecule has 0 unspecified atom stereocenters. The number of carbonyl (C=O) groups excluding carboxylic acids is 1. The summed E-state index contributed by atoms with van der Waals surface area (Å²) in [5, 5.41) is 13.4. The first-order chi connectivity index (χ1) is 8.79. The van der Waals surface area contributed by atoms with E-state index in [9.17, 15) is 4.79 Å². The molecule has 0 bridgehead atoms. The molecule has 2 rings (SSSR count). The molecule has 1 amide bonds. The van der Waals surface area contributed by atoms with Gasteiger partial charge in [0.1, 0.15) is 6.61 Å². The highest BCUT2D eigenvalue weighted by molar-refractivity contribution is 7.14. The molecule has 2 aromatic rings. The summed E-state index contributed by atoms with van der Waals surface area (Å²) in [7, 11) is 0. The Labute approximate surface area is 113 Å². The topological polar surface area (TPSA) is 49.3 Å². The Hall–Kier alpha value is -1.61. The summed E-state index contributed by atoms with van der Waals surface area (Å²) in [5.74, 6) is 5.24. The van der Waals surface area contributed by atoms with E-state index in [1.54, 1.807) is 23.5 Å². The second-order valence-corrected chi connectivity index (χ2v) is 5.50. The summed E-state index contributed by atoms with van der Waals surface area (Å²) in [6.07, 6.45) is 0. The number of rotatable bonds is 3. The molecule has 92 valence electrons. The predicted molar refractivity (Wildman–Crippen MR) is 73.8 cm³/mol. The first kappa shape index (κ1) is 12.8. The highest BCUT2D eigenvalue weighted by Gasteiger charge is 2.08. The van der Waals surface area contributed by atoms with Crippen molar-refractivity contribution in [2.75, 3.05) is 6.61 Å². The van der Waals surface area contributed by atoms with Crippen LogP contribution in [0.1, 0.15) is 19.4 Å². The first-order valence-electron chi connectivity index (χ1n) is 5.30. The van der Waals surface area contributed by atoms with E-state index < -0.39 is 0 Å². The third kappa shape index (κ3) is 3.44. The standard InChI is InChI=1S/C13H11NO2S2/c15-7-1-3-10-5-6-12(18-10)13(16)14-9-11-4-2-8-17-11/h2,4-6,8,15H,7,9H2,(H,14,16). The van der Waals surface area contributed by atoms with Crippen LogP contribution < -0.4 is 5.32 Å². The number of amides is 1. The minimum Gasteiger partial charge on any atom is -0.384 e. The van der Waals surface area contributed by atoms with Crippen LogP contribution in [-0.2, 0) is 6.54 Å². The Morgan fingerprint density at radius 1 is 1.39 bits per heavy atom. The van der Waals surface area contributed by atoms with E-state index in [4.69, 9.17) is 5.11 Å². The van der Waals surface area contributed by atoms with Gasteiger partial charge in [0.2, 0.25) is 0 Å². The maximum Gasteiger partial charge on any atom is 0.261 e. The molecule has 2 N–H and O–H groups in total. The van der Waals surface area contributed by atoms with Gasteiger partial charge in [0, 0.05) is 4.88 Å². The van der Waals surface area contributed by atoms with Gasteiger partial charge in [-0.05, 0) is 23.6 Å². The summed E-state index contributed by atoms with van der Waals surface area (Å²) in [4.78, 5) is 14.4. The fraction of sp³-hybridized carbons (Fsp3) is 0.154. The average Bonchev–Trinajstić information content (AvgIpc) is 3.04. The van der Waals surface area contributed by atoms with Gasteiger partial charge in [-0.2, -0.15) is 0 Å². The van der Waals surface area contributed by atoms with Gasteiger partial charge in [0.25, 0.3) is 5.91 Å². The van der Waals surface area contributed by atoms with Crippen molar-refractivity contribution >= 4 is 28.6 Å². The van der Waals surface area contributed by atoms with E-state index in [1.807, 2.05) is 17.5 Å². The zero-order valence-electron chi connectivity index (χ0n) is 9.47. The molecule has 2 aromatic heterocycles.